The minimum Gasteiger partial charge on any atom is -0.496 e. The molecule has 0 amide bonds. The lowest BCUT2D eigenvalue weighted by molar-refractivity contribution is 0.146. The lowest BCUT2D eigenvalue weighted by Crippen LogP contribution is -2.43. The van der Waals surface area contributed by atoms with Crippen molar-refractivity contribution in [3.8, 4) is 5.75 Å². The molecule has 1 unspecified atom stereocenters. The van der Waals surface area contributed by atoms with Gasteiger partial charge in [0.25, 0.3) is 0 Å². The molecule has 1 rings (SSSR count). The van der Waals surface area contributed by atoms with Crippen LogP contribution in [0.3, 0.4) is 0 Å². The van der Waals surface area contributed by atoms with Crippen LogP contribution in [0.4, 0.5) is 0 Å². The topological polar surface area (TPSA) is 38.5 Å². The van der Waals surface area contributed by atoms with Gasteiger partial charge in [-0.25, -0.2) is 0 Å². The zero-order valence-electron chi connectivity index (χ0n) is 13.6. The SMILES string of the molecule is CCN(CC(C)(C)CN)C(C)Cc1ccccc1OC. The number of rotatable bonds is 8. The van der Waals surface area contributed by atoms with E-state index in [1.807, 2.05) is 12.1 Å². The highest BCUT2D eigenvalue weighted by atomic mass is 16.5. The minimum atomic E-state index is 0.158. The molecule has 3 nitrogen and oxygen atoms in total. The Kier molecular flexibility index (Phi) is 6.50. The Morgan fingerprint density at radius 1 is 1.30 bits per heavy atom. The second-order valence-electron chi connectivity index (χ2n) is 6.30. The second kappa shape index (κ2) is 7.65. The van der Waals surface area contributed by atoms with Crippen molar-refractivity contribution in [1.82, 2.24) is 4.90 Å². The fraction of sp³-hybridized carbons (Fsp3) is 0.647. The maximum absolute atomic E-state index is 5.86. The van der Waals surface area contributed by atoms with E-state index in [0.717, 1.165) is 25.3 Å². The van der Waals surface area contributed by atoms with Crippen LogP contribution in [0.15, 0.2) is 24.3 Å². The molecule has 1 atom stereocenters. The molecule has 114 valence electrons. The molecule has 1 aromatic rings. The summed E-state index contributed by atoms with van der Waals surface area (Å²) in [5, 5.41) is 0. The van der Waals surface area contributed by atoms with Crippen LogP contribution in [0.25, 0.3) is 0 Å². The van der Waals surface area contributed by atoms with Gasteiger partial charge in [-0.05, 0) is 43.5 Å². The maximum atomic E-state index is 5.86. The highest BCUT2D eigenvalue weighted by Gasteiger charge is 2.23. The van der Waals surface area contributed by atoms with Crippen LogP contribution in [-0.4, -0.2) is 37.7 Å². The molecule has 0 aliphatic rings. The molecule has 0 fully saturated rings. The molecular formula is C17H30N2O. The number of likely N-dealkylation sites (N-methyl/N-ethyl adjacent to an activating group) is 1. The standard InChI is InChI=1S/C17H30N2O/c1-6-19(13-17(3,4)12-18)14(2)11-15-9-7-8-10-16(15)20-5/h7-10,14H,6,11-13,18H2,1-5H3. The molecule has 0 heterocycles. The van der Waals surface area contributed by atoms with E-state index in [1.165, 1.54) is 5.56 Å². The van der Waals surface area contributed by atoms with Gasteiger partial charge >= 0.3 is 0 Å². The summed E-state index contributed by atoms with van der Waals surface area (Å²) < 4.78 is 5.44. The number of ether oxygens (including phenoxy) is 1. The first-order valence-electron chi connectivity index (χ1n) is 7.49. The van der Waals surface area contributed by atoms with E-state index < -0.39 is 0 Å². The molecule has 0 spiro atoms. The average Bonchev–Trinajstić information content (AvgIpc) is 2.45. The third-order valence-electron chi connectivity index (χ3n) is 3.92. The zero-order chi connectivity index (χ0) is 15.2. The van der Waals surface area contributed by atoms with Crippen molar-refractivity contribution in [2.75, 3.05) is 26.7 Å². The van der Waals surface area contributed by atoms with Gasteiger partial charge in [-0.15, -0.1) is 0 Å². The zero-order valence-corrected chi connectivity index (χ0v) is 13.6. The van der Waals surface area contributed by atoms with Crippen LogP contribution in [0.2, 0.25) is 0 Å². The van der Waals surface area contributed by atoms with Gasteiger partial charge in [-0.2, -0.15) is 0 Å². The van der Waals surface area contributed by atoms with Gasteiger partial charge in [0.15, 0.2) is 0 Å². The van der Waals surface area contributed by atoms with Gasteiger partial charge < -0.3 is 15.4 Å². The third-order valence-corrected chi connectivity index (χ3v) is 3.92. The normalized spacial score (nSPS) is 13.6. The lowest BCUT2D eigenvalue weighted by atomic mass is 9.92. The first kappa shape index (κ1) is 17.0. The Hall–Kier alpha value is -1.06. The molecule has 0 aliphatic carbocycles. The molecule has 0 aromatic heterocycles. The summed E-state index contributed by atoms with van der Waals surface area (Å²) in [6, 6.07) is 8.74. The quantitative estimate of drug-likeness (QED) is 0.794. The number of hydrogen-bond donors (Lipinski definition) is 1. The van der Waals surface area contributed by atoms with Crippen molar-refractivity contribution in [3.63, 3.8) is 0 Å². The van der Waals surface area contributed by atoms with Crippen molar-refractivity contribution in [1.29, 1.82) is 0 Å². The summed E-state index contributed by atoms with van der Waals surface area (Å²) in [4.78, 5) is 2.50. The van der Waals surface area contributed by atoms with E-state index in [9.17, 15) is 0 Å². The third kappa shape index (κ3) is 4.80. The molecular weight excluding hydrogens is 248 g/mol. The number of methoxy groups -OCH3 is 1. The lowest BCUT2D eigenvalue weighted by Gasteiger charge is -2.35. The van der Waals surface area contributed by atoms with Crippen molar-refractivity contribution >= 4 is 0 Å². The largest absolute Gasteiger partial charge is 0.496 e. The number of benzene rings is 1. The van der Waals surface area contributed by atoms with Crippen molar-refractivity contribution in [2.45, 2.75) is 40.2 Å². The van der Waals surface area contributed by atoms with E-state index in [4.69, 9.17) is 10.5 Å². The molecule has 0 aliphatic heterocycles. The Morgan fingerprint density at radius 3 is 2.50 bits per heavy atom. The fourth-order valence-electron chi connectivity index (χ4n) is 2.51. The Balaban J connectivity index is 2.74. The van der Waals surface area contributed by atoms with Crippen LogP contribution < -0.4 is 10.5 Å². The molecule has 3 heteroatoms. The van der Waals surface area contributed by atoms with E-state index in [0.29, 0.717) is 12.6 Å². The Bertz CT molecular complexity index is 404. The Morgan fingerprint density at radius 2 is 1.95 bits per heavy atom. The number of nitrogens with zero attached hydrogens (tertiary/aromatic N) is 1. The average molecular weight is 278 g/mol. The molecule has 20 heavy (non-hydrogen) atoms. The molecule has 2 N–H and O–H groups in total. The summed E-state index contributed by atoms with van der Waals surface area (Å²) in [6.07, 6.45) is 0.999. The summed E-state index contributed by atoms with van der Waals surface area (Å²) in [6.45, 7) is 11.7. The van der Waals surface area contributed by atoms with Crippen molar-refractivity contribution < 1.29 is 4.74 Å². The summed E-state index contributed by atoms with van der Waals surface area (Å²) >= 11 is 0. The van der Waals surface area contributed by atoms with Crippen LogP contribution in [0.1, 0.15) is 33.3 Å². The Labute approximate surface area is 124 Å². The van der Waals surface area contributed by atoms with Crippen molar-refractivity contribution in [3.05, 3.63) is 29.8 Å². The summed E-state index contributed by atoms with van der Waals surface area (Å²) in [5.41, 5.74) is 7.29. The molecule has 1 aromatic carbocycles. The molecule has 0 bridgehead atoms. The van der Waals surface area contributed by atoms with Crippen molar-refractivity contribution in [2.24, 2.45) is 11.1 Å². The fourth-order valence-corrected chi connectivity index (χ4v) is 2.51. The minimum absolute atomic E-state index is 0.158. The molecule has 0 radical (unpaired) electrons. The van der Waals surface area contributed by atoms with Gasteiger partial charge in [0, 0.05) is 12.6 Å². The van der Waals surface area contributed by atoms with Crippen LogP contribution in [0, 0.1) is 5.41 Å². The molecule has 0 saturated heterocycles. The van der Waals surface area contributed by atoms with E-state index in [1.54, 1.807) is 7.11 Å². The van der Waals surface area contributed by atoms with Crippen LogP contribution >= 0.6 is 0 Å². The van der Waals surface area contributed by atoms with Gasteiger partial charge in [-0.1, -0.05) is 39.0 Å². The maximum Gasteiger partial charge on any atom is 0.122 e. The van der Waals surface area contributed by atoms with Gasteiger partial charge in [0.2, 0.25) is 0 Å². The second-order valence-corrected chi connectivity index (χ2v) is 6.30. The van der Waals surface area contributed by atoms with Crippen LogP contribution in [-0.2, 0) is 6.42 Å². The first-order chi connectivity index (χ1) is 9.43. The van der Waals surface area contributed by atoms with Gasteiger partial charge in [0.1, 0.15) is 5.75 Å². The van der Waals surface area contributed by atoms with E-state index in [-0.39, 0.29) is 5.41 Å². The first-order valence-corrected chi connectivity index (χ1v) is 7.49. The number of nitrogens with two attached hydrogens (primary N) is 1. The van der Waals surface area contributed by atoms with E-state index >= 15 is 0 Å². The smallest absolute Gasteiger partial charge is 0.122 e. The predicted molar refractivity (Wildman–Crippen MR) is 86.2 cm³/mol. The highest BCUT2D eigenvalue weighted by Crippen LogP contribution is 2.22. The highest BCUT2D eigenvalue weighted by molar-refractivity contribution is 5.33. The van der Waals surface area contributed by atoms with Gasteiger partial charge in [-0.3, -0.25) is 0 Å². The number of hydrogen-bond acceptors (Lipinski definition) is 3. The predicted octanol–water partition coefficient (Wildman–Crippen LogP) is 2.93. The van der Waals surface area contributed by atoms with Gasteiger partial charge in [0.05, 0.1) is 7.11 Å². The van der Waals surface area contributed by atoms with Crippen LogP contribution in [0.5, 0.6) is 5.75 Å². The monoisotopic (exact) mass is 278 g/mol. The van der Waals surface area contributed by atoms with E-state index in [2.05, 4.69) is 44.7 Å². The molecule has 0 saturated carbocycles. The summed E-state index contributed by atoms with van der Waals surface area (Å²) in [7, 11) is 1.73. The number of para-hydroxylation sites is 1. The summed E-state index contributed by atoms with van der Waals surface area (Å²) in [5.74, 6) is 0.980.